The summed E-state index contributed by atoms with van der Waals surface area (Å²) in [7, 11) is 1.60. The van der Waals surface area contributed by atoms with Gasteiger partial charge in [-0.25, -0.2) is 0 Å². The number of carbonyl (C=O) groups is 1. The molecule has 1 N–H and O–H groups in total. The van der Waals surface area contributed by atoms with Gasteiger partial charge in [-0.05, 0) is 0 Å². The summed E-state index contributed by atoms with van der Waals surface area (Å²) in [5.74, 6) is 1.30. The van der Waals surface area contributed by atoms with E-state index in [0.717, 1.165) is 15.8 Å². The zero-order valence-electron chi connectivity index (χ0n) is 17.5. The predicted molar refractivity (Wildman–Crippen MR) is 135 cm³/mol. The number of ether oxygens (including phenoxy) is 1. The molecule has 7 heteroatoms. The first kappa shape index (κ1) is 23.0. The fourth-order valence-electron chi connectivity index (χ4n) is 3.59. The average molecular weight is 529 g/mol. The molecule has 4 nitrogen and oxygen atoms in total. The molecule has 1 aliphatic rings. The minimum atomic E-state index is -0.946. The van der Waals surface area contributed by atoms with Crippen molar-refractivity contribution in [3.8, 4) is 5.75 Å². The van der Waals surface area contributed by atoms with Gasteiger partial charge >= 0.3 is 205 Å². The fourth-order valence-corrected chi connectivity index (χ4v) is 7.34. The molecule has 0 saturated carbocycles. The Bertz CT molecular complexity index is 1060. The van der Waals surface area contributed by atoms with Crippen molar-refractivity contribution in [2.24, 2.45) is 0 Å². The van der Waals surface area contributed by atoms with Gasteiger partial charge in [-0.15, -0.1) is 0 Å². The number of thiocarbonyl (C=S) groups is 1. The SMILES string of the molecule is COc1ccc([C@H](O)[C@@H]([Se]c2ccccc2)C(=O)N2C(=S)SC[C@H]2c2ccccc2)cc1. The number of thioether (sulfide) groups is 1. The van der Waals surface area contributed by atoms with Gasteiger partial charge in [0.2, 0.25) is 0 Å². The van der Waals surface area contributed by atoms with Crippen molar-refractivity contribution in [2.45, 2.75) is 17.0 Å². The summed E-state index contributed by atoms with van der Waals surface area (Å²) in [4.78, 5) is 15.0. The van der Waals surface area contributed by atoms with E-state index in [4.69, 9.17) is 17.0 Å². The molecular formula is C25H23NO3S2Se. The Kier molecular flexibility index (Phi) is 7.66. The molecule has 3 atom stereocenters. The molecule has 0 radical (unpaired) electrons. The first-order valence-corrected chi connectivity index (χ1v) is 13.4. The van der Waals surface area contributed by atoms with E-state index in [1.165, 1.54) is 11.8 Å². The number of aliphatic hydroxyl groups excluding tert-OH is 1. The predicted octanol–water partition coefficient (Wildman–Crippen LogP) is 4.15. The Labute approximate surface area is 204 Å². The number of benzene rings is 3. The number of hydrogen-bond acceptors (Lipinski definition) is 5. The van der Waals surface area contributed by atoms with Crippen LogP contribution in [0.5, 0.6) is 5.75 Å². The van der Waals surface area contributed by atoms with Gasteiger partial charge in [-0.3, -0.25) is 0 Å². The van der Waals surface area contributed by atoms with E-state index in [-0.39, 0.29) is 26.9 Å². The Balaban J connectivity index is 1.67. The number of aliphatic hydroxyl groups is 1. The third-order valence-electron chi connectivity index (χ3n) is 5.29. The van der Waals surface area contributed by atoms with Crippen LogP contribution in [-0.2, 0) is 4.79 Å². The fraction of sp³-hybridized carbons (Fsp3) is 0.200. The van der Waals surface area contributed by atoms with Gasteiger partial charge in [-0.2, -0.15) is 0 Å². The molecule has 1 aliphatic heterocycles. The van der Waals surface area contributed by atoms with Crippen molar-refractivity contribution in [1.82, 2.24) is 4.90 Å². The Morgan fingerprint density at radius 3 is 2.31 bits per heavy atom. The van der Waals surface area contributed by atoms with Gasteiger partial charge in [0.15, 0.2) is 0 Å². The van der Waals surface area contributed by atoms with E-state index >= 15 is 0 Å². The van der Waals surface area contributed by atoms with Crippen LogP contribution in [0.4, 0.5) is 0 Å². The molecule has 1 fully saturated rings. The first-order valence-electron chi connectivity index (χ1n) is 10.2. The Morgan fingerprint density at radius 2 is 1.69 bits per heavy atom. The molecule has 4 rings (SSSR count). The second-order valence-corrected chi connectivity index (χ2v) is 11.5. The van der Waals surface area contributed by atoms with Gasteiger partial charge in [0, 0.05) is 0 Å². The number of carbonyl (C=O) groups excluding carboxylic acids is 1. The van der Waals surface area contributed by atoms with E-state index in [9.17, 15) is 9.90 Å². The number of amides is 1. The molecule has 0 spiro atoms. The normalized spacial score (nSPS) is 17.8. The van der Waals surface area contributed by atoms with Crippen LogP contribution in [0.15, 0.2) is 84.9 Å². The van der Waals surface area contributed by atoms with Crippen molar-refractivity contribution in [2.75, 3.05) is 12.9 Å². The van der Waals surface area contributed by atoms with Crippen LogP contribution in [0.25, 0.3) is 0 Å². The molecule has 3 aromatic carbocycles. The van der Waals surface area contributed by atoms with Crippen molar-refractivity contribution in [3.05, 3.63) is 96.1 Å². The van der Waals surface area contributed by atoms with E-state index in [0.29, 0.717) is 15.6 Å². The monoisotopic (exact) mass is 529 g/mol. The zero-order valence-corrected chi connectivity index (χ0v) is 20.8. The molecule has 1 saturated heterocycles. The quantitative estimate of drug-likeness (QED) is 0.369. The van der Waals surface area contributed by atoms with Crippen molar-refractivity contribution in [3.63, 3.8) is 0 Å². The number of hydrogen-bond donors (Lipinski definition) is 1. The maximum atomic E-state index is 13.9. The van der Waals surface area contributed by atoms with Crippen LogP contribution < -0.4 is 9.20 Å². The van der Waals surface area contributed by atoms with Gasteiger partial charge in [0.1, 0.15) is 0 Å². The number of rotatable bonds is 7. The van der Waals surface area contributed by atoms with Crippen molar-refractivity contribution < 1.29 is 14.6 Å². The molecule has 3 aromatic rings. The van der Waals surface area contributed by atoms with Crippen molar-refractivity contribution in [1.29, 1.82) is 0 Å². The molecule has 0 aromatic heterocycles. The Morgan fingerprint density at radius 1 is 1.06 bits per heavy atom. The maximum absolute atomic E-state index is 13.9. The molecule has 0 unspecified atom stereocenters. The summed E-state index contributed by atoms with van der Waals surface area (Å²) in [6, 6.07) is 27.0. The van der Waals surface area contributed by atoms with Crippen molar-refractivity contribution >= 4 is 53.6 Å². The standard InChI is InChI=1S/C25H23NO3S2Se/c1-29-19-14-12-18(13-15-19)22(27)23(32-20-10-6-3-7-11-20)24(28)26-21(16-31-25(26)30)17-8-4-2-5-9-17/h2-15,21-23,27H,16H2,1H3/t21-,22-,23+/m0/s1. The summed E-state index contributed by atoms with van der Waals surface area (Å²) in [6.07, 6.45) is -0.946. The molecule has 1 heterocycles. The van der Waals surface area contributed by atoms with Gasteiger partial charge in [-0.1, -0.05) is 0 Å². The van der Waals surface area contributed by atoms with E-state index < -0.39 is 10.9 Å². The van der Waals surface area contributed by atoms with Gasteiger partial charge in [0.25, 0.3) is 0 Å². The second kappa shape index (κ2) is 10.6. The first-order chi connectivity index (χ1) is 15.6. The van der Waals surface area contributed by atoms with Crippen LogP contribution in [0.1, 0.15) is 23.3 Å². The van der Waals surface area contributed by atoms with Gasteiger partial charge < -0.3 is 0 Å². The van der Waals surface area contributed by atoms with Crippen LogP contribution >= 0.6 is 24.0 Å². The molecule has 0 aliphatic carbocycles. The number of nitrogens with zero attached hydrogens (tertiary/aromatic N) is 1. The average Bonchev–Trinajstić information content (AvgIpc) is 3.24. The van der Waals surface area contributed by atoms with E-state index in [1.54, 1.807) is 24.1 Å². The van der Waals surface area contributed by atoms with Crippen LogP contribution in [0, 0.1) is 0 Å². The molecule has 1 amide bonds. The molecular weight excluding hydrogens is 505 g/mol. The minimum absolute atomic E-state index is 0.124. The summed E-state index contributed by atoms with van der Waals surface area (Å²) in [6.45, 7) is 0. The topological polar surface area (TPSA) is 49.8 Å². The van der Waals surface area contributed by atoms with Crippen LogP contribution in [0.2, 0.25) is 4.82 Å². The number of methoxy groups -OCH3 is 1. The summed E-state index contributed by atoms with van der Waals surface area (Å²) >= 11 is 6.82. The Hall–Kier alpha value is -2.15. The second-order valence-electron chi connectivity index (χ2n) is 7.28. The summed E-state index contributed by atoms with van der Waals surface area (Å²) in [5.41, 5.74) is 1.74. The van der Waals surface area contributed by atoms with E-state index in [1.807, 2.05) is 72.8 Å². The van der Waals surface area contributed by atoms with Gasteiger partial charge in [0.05, 0.1) is 0 Å². The van der Waals surface area contributed by atoms with Crippen LogP contribution in [0.3, 0.4) is 0 Å². The molecule has 0 bridgehead atoms. The summed E-state index contributed by atoms with van der Waals surface area (Å²) < 4.78 is 6.86. The molecule has 32 heavy (non-hydrogen) atoms. The molecule has 164 valence electrons. The van der Waals surface area contributed by atoms with E-state index in [2.05, 4.69) is 0 Å². The van der Waals surface area contributed by atoms with Crippen LogP contribution in [-0.4, -0.2) is 48.1 Å². The third-order valence-corrected chi connectivity index (χ3v) is 9.40. The zero-order chi connectivity index (χ0) is 22.5. The summed E-state index contributed by atoms with van der Waals surface area (Å²) in [5, 5.41) is 11.4. The third kappa shape index (κ3) is 5.08.